The fraction of sp³-hybridized carbons (Fsp3) is 0.188. The Kier molecular flexibility index (Phi) is 2.93. The first-order valence-corrected chi connectivity index (χ1v) is 6.53. The molecule has 3 N–H and O–H groups in total. The zero-order chi connectivity index (χ0) is 14.2. The number of carbonyl (C=O) groups is 1. The van der Waals surface area contributed by atoms with E-state index in [1.807, 2.05) is 6.07 Å². The van der Waals surface area contributed by atoms with Gasteiger partial charge in [-0.3, -0.25) is 4.79 Å². The first-order valence-electron chi connectivity index (χ1n) is 6.53. The molecule has 2 aromatic rings. The van der Waals surface area contributed by atoms with E-state index in [1.54, 1.807) is 30.3 Å². The number of nitrogens with two attached hydrogens (primary N) is 1. The van der Waals surface area contributed by atoms with Crippen LogP contribution in [0, 0.1) is 5.82 Å². The number of amides is 1. The maximum atomic E-state index is 13.3. The van der Waals surface area contributed by atoms with Gasteiger partial charge in [-0.05, 0) is 48.7 Å². The summed E-state index contributed by atoms with van der Waals surface area (Å²) in [7, 11) is 0. The summed E-state index contributed by atoms with van der Waals surface area (Å²) in [4.78, 5) is 12.3. The Morgan fingerprint density at radius 1 is 1.15 bits per heavy atom. The minimum Gasteiger partial charge on any atom is -0.399 e. The van der Waals surface area contributed by atoms with E-state index in [1.165, 1.54) is 12.1 Å². The Bertz CT molecular complexity index is 665. The fourth-order valence-corrected chi connectivity index (χ4v) is 2.37. The molecule has 0 atom stereocenters. The predicted octanol–water partition coefficient (Wildman–Crippen LogP) is 2.83. The number of nitrogen functional groups attached to an aromatic ring is 1. The largest absolute Gasteiger partial charge is 0.399 e. The summed E-state index contributed by atoms with van der Waals surface area (Å²) < 4.78 is 13.3. The molecule has 1 aliphatic carbocycles. The van der Waals surface area contributed by atoms with Crippen molar-refractivity contribution in [1.29, 1.82) is 0 Å². The summed E-state index contributed by atoms with van der Waals surface area (Å²) in [5.74, 6) is -0.467. The number of halogens is 1. The average molecular weight is 270 g/mol. The summed E-state index contributed by atoms with van der Waals surface area (Å²) >= 11 is 0. The van der Waals surface area contributed by atoms with Crippen molar-refractivity contribution in [2.45, 2.75) is 18.4 Å². The quantitative estimate of drug-likeness (QED) is 0.843. The molecule has 1 aliphatic rings. The van der Waals surface area contributed by atoms with Gasteiger partial charge in [-0.15, -0.1) is 0 Å². The molecule has 0 saturated heterocycles. The SMILES string of the molecule is Nc1cccc(C(=O)NC2(c3cccc(F)c3)CC2)c1. The van der Waals surface area contributed by atoms with Crippen LogP contribution in [0.25, 0.3) is 0 Å². The van der Waals surface area contributed by atoms with Crippen molar-refractivity contribution in [3.05, 3.63) is 65.5 Å². The summed E-state index contributed by atoms with van der Waals surface area (Å²) in [5.41, 5.74) is 7.14. The van der Waals surface area contributed by atoms with Gasteiger partial charge in [0.25, 0.3) is 5.91 Å². The smallest absolute Gasteiger partial charge is 0.252 e. The molecule has 1 fully saturated rings. The van der Waals surface area contributed by atoms with Gasteiger partial charge < -0.3 is 11.1 Å². The van der Waals surface area contributed by atoms with Gasteiger partial charge in [0.15, 0.2) is 0 Å². The van der Waals surface area contributed by atoms with Crippen LogP contribution >= 0.6 is 0 Å². The van der Waals surface area contributed by atoms with Gasteiger partial charge in [-0.25, -0.2) is 4.39 Å². The molecule has 0 bridgehead atoms. The minimum absolute atomic E-state index is 0.181. The van der Waals surface area contributed by atoms with Gasteiger partial charge in [0, 0.05) is 11.3 Å². The Morgan fingerprint density at radius 3 is 2.55 bits per heavy atom. The molecule has 102 valence electrons. The lowest BCUT2D eigenvalue weighted by atomic mass is 10.0. The van der Waals surface area contributed by atoms with Gasteiger partial charge in [-0.2, -0.15) is 0 Å². The van der Waals surface area contributed by atoms with Crippen molar-refractivity contribution in [2.75, 3.05) is 5.73 Å². The molecular weight excluding hydrogens is 255 g/mol. The van der Waals surface area contributed by atoms with Crippen molar-refractivity contribution < 1.29 is 9.18 Å². The van der Waals surface area contributed by atoms with E-state index in [0.29, 0.717) is 11.3 Å². The molecule has 2 aromatic carbocycles. The van der Waals surface area contributed by atoms with Gasteiger partial charge in [-0.1, -0.05) is 18.2 Å². The van der Waals surface area contributed by atoms with Crippen molar-refractivity contribution in [3.63, 3.8) is 0 Å². The lowest BCUT2D eigenvalue weighted by Gasteiger charge is -2.18. The number of anilines is 1. The summed E-state index contributed by atoms with van der Waals surface area (Å²) in [6, 6.07) is 13.2. The first kappa shape index (κ1) is 12.7. The Balaban J connectivity index is 1.82. The Morgan fingerprint density at radius 2 is 1.90 bits per heavy atom. The number of carbonyl (C=O) groups excluding carboxylic acids is 1. The van der Waals surface area contributed by atoms with Gasteiger partial charge in [0.1, 0.15) is 5.82 Å². The maximum absolute atomic E-state index is 13.3. The van der Waals surface area contributed by atoms with Crippen molar-refractivity contribution in [3.8, 4) is 0 Å². The highest BCUT2D eigenvalue weighted by molar-refractivity contribution is 5.95. The highest BCUT2D eigenvalue weighted by Gasteiger charge is 2.45. The second-order valence-electron chi connectivity index (χ2n) is 5.17. The summed E-state index contributed by atoms with van der Waals surface area (Å²) in [6.07, 6.45) is 1.65. The second kappa shape index (κ2) is 4.63. The molecular formula is C16H15FN2O. The molecule has 0 spiro atoms. The fourth-order valence-electron chi connectivity index (χ4n) is 2.37. The van der Waals surface area contributed by atoms with Crippen molar-refractivity contribution in [2.24, 2.45) is 0 Å². The topological polar surface area (TPSA) is 55.1 Å². The standard InChI is InChI=1S/C16H15FN2O/c17-13-5-2-4-12(10-13)16(7-8-16)19-15(20)11-3-1-6-14(18)9-11/h1-6,9-10H,7-8,18H2,(H,19,20). The third-order valence-electron chi connectivity index (χ3n) is 3.63. The van der Waals surface area contributed by atoms with Crippen LogP contribution in [0.3, 0.4) is 0 Å². The van der Waals surface area contributed by atoms with E-state index in [9.17, 15) is 9.18 Å². The summed E-state index contributed by atoms with van der Waals surface area (Å²) in [5, 5.41) is 2.99. The first-order chi connectivity index (χ1) is 9.59. The molecule has 0 unspecified atom stereocenters. The van der Waals surface area contributed by atoms with Gasteiger partial charge >= 0.3 is 0 Å². The van der Waals surface area contributed by atoms with Crippen LogP contribution in [0.5, 0.6) is 0 Å². The maximum Gasteiger partial charge on any atom is 0.252 e. The number of rotatable bonds is 3. The minimum atomic E-state index is -0.427. The van der Waals surface area contributed by atoms with Crippen LogP contribution in [0.15, 0.2) is 48.5 Å². The molecule has 3 nitrogen and oxygen atoms in total. The van der Waals surface area contributed by atoms with Crippen molar-refractivity contribution in [1.82, 2.24) is 5.32 Å². The van der Waals surface area contributed by atoms with E-state index >= 15 is 0 Å². The highest BCUT2D eigenvalue weighted by Crippen LogP contribution is 2.45. The molecule has 0 radical (unpaired) electrons. The van der Waals surface area contributed by atoms with Crippen LogP contribution < -0.4 is 11.1 Å². The molecule has 4 heteroatoms. The molecule has 1 saturated carbocycles. The average Bonchev–Trinajstić information content (AvgIpc) is 3.20. The highest BCUT2D eigenvalue weighted by atomic mass is 19.1. The lowest BCUT2D eigenvalue weighted by molar-refractivity contribution is 0.0930. The number of hydrogen-bond acceptors (Lipinski definition) is 2. The molecule has 0 aliphatic heterocycles. The third-order valence-corrected chi connectivity index (χ3v) is 3.63. The third kappa shape index (κ3) is 2.37. The van der Waals surface area contributed by atoms with Crippen LogP contribution in [0.4, 0.5) is 10.1 Å². The molecule has 0 aromatic heterocycles. The van der Waals surface area contributed by atoms with Gasteiger partial charge in [0.2, 0.25) is 0 Å². The Labute approximate surface area is 116 Å². The Hall–Kier alpha value is -2.36. The molecule has 0 heterocycles. The van der Waals surface area contributed by atoms with Crippen LogP contribution in [-0.2, 0) is 5.54 Å². The van der Waals surface area contributed by atoms with Gasteiger partial charge in [0.05, 0.1) is 5.54 Å². The normalized spacial score (nSPS) is 15.7. The zero-order valence-corrected chi connectivity index (χ0v) is 10.9. The van der Waals surface area contributed by atoms with Crippen molar-refractivity contribution >= 4 is 11.6 Å². The summed E-state index contributed by atoms with van der Waals surface area (Å²) in [6.45, 7) is 0. The second-order valence-corrected chi connectivity index (χ2v) is 5.17. The molecule has 20 heavy (non-hydrogen) atoms. The van der Waals surface area contributed by atoms with E-state index in [4.69, 9.17) is 5.73 Å². The lowest BCUT2D eigenvalue weighted by Crippen LogP contribution is -2.34. The van der Waals surface area contributed by atoms with E-state index < -0.39 is 5.54 Å². The number of hydrogen-bond donors (Lipinski definition) is 2. The van der Waals surface area contributed by atoms with E-state index in [0.717, 1.165) is 18.4 Å². The predicted molar refractivity (Wildman–Crippen MR) is 75.6 cm³/mol. The molecule has 1 amide bonds. The number of nitrogens with one attached hydrogen (secondary N) is 1. The van der Waals surface area contributed by atoms with Crippen LogP contribution in [0.1, 0.15) is 28.8 Å². The monoisotopic (exact) mass is 270 g/mol. The van der Waals surface area contributed by atoms with E-state index in [2.05, 4.69) is 5.32 Å². The van der Waals surface area contributed by atoms with Crippen LogP contribution in [0.2, 0.25) is 0 Å². The number of benzene rings is 2. The molecule has 3 rings (SSSR count). The van der Waals surface area contributed by atoms with Crippen LogP contribution in [-0.4, -0.2) is 5.91 Å². The zero-order valence-electron chi connectivity index (χ0n) is 10.9. The van der Waals surface area contributed by atoms with E-state index in [-0.39, 0.29) is 11.7 Å².